The van der Waals surface area contributed by atoms with Crippen molar-refractivity contribution in [2.75, 3.05) is 35.0 Å². The molecule has 0 aromatic carbocycles. The predicted octanol–water partition coefficient (Wildman–Crippen LogP) is 2.95. The highest BCUT2D eigenvalue weighted by atomic mass is 32.4. The van der Waals surface area contributed by atoms with Gasteiger partial charge < -0.3 is 4.18 Å². The van der Waals surface area contributed by atoms with Crippen LogP contribution in [0.15, 0.2) is 0 Å². The summed E-state index contributed by atoms with van der Waals surface area (Å²) in [5, 5.41) is 0.618. The number of carbonyl (C=O) groups excluding carboxylic acids is 1. The van der Waals surface area contributed by atoms with Crippen LogP contribution in [0.3, 0.4) is 0 Å². The SMILES string of the molecule is CS1(CC(=O)OS)CCSC12SCC(CS)S2. The summed E-state index contributed by atoms with van der Waals surface area (Å²) in [6, 6.07) is 0. The lowest BCUT2D eigenvalue weighted by molar-refractivity contribution is -0.129. The van der Waals surface area contributed by atoms with E-state index >= 15 is 0 Å². The molecule has 0 N–H and O–H groups in total. The van der Waals surface area contributed by atoms with E-state index in [4.69, 9.17) is 0 Å². The number of carbonyl (C=O) groups is 1. The Hall–Kier alpha value is 1.57. The van der Waals surface area contributed by atoms with Gasteiger partial charge in [0.1, 0.15) is 2.74 Å². The van der Waals surface area contributed by atoms with Crippen molar-refractivity contribution in [3.63, 3.8) is 0 Å². The Morgan fingerprint density at radius 3 is 2.94 bits per heavy atom. The van der Waals surface area contributed by atoms with Crippen molar-refractivity contribution in [1.82, 2.24) is 0 Å². The molecule has 0 amide bonds. The minimum absolute atomic E-state index is 0.178. The molecule has 2 heterocycles. The van der Waals surface area contributed by atoms with Gasteiger partial charge in [-0.25, -0.2) is 10.0 Å². The zero-order chi connectivity index (χ0) is 12.5. The van der Waals surface area contributed by atoms with Gasteiger partial charge in [0.05, 0.1) is 5.75 Å². The molecule has 1 spiro atoms. The van der Waals surface area contributed by atoms with Crippen LogP contribution in [0.5, 0.6) is 0 Å². The summed E-state index contributed by atoms with van der Waals surface area (Å²) in [6.07, 6.45) is 2.29. The molecule has 0 aliphatic carbocycles. The van der Waals surface area contributed by atoms with Crippen LogP contribution in [-0.2, 0) is 8.98 Å². The Labute approximate surface area is 128 Å². The minimum Gasteiger partial charge on any atom is -0.394 e. The Kier molecular flexibility index (Phi) is 5.20. The summed E-state index contributed by atoms with van der Waals surface area (Å²) in [5.74, 6) is 4.75. The first-order chi connectivity index (χ1) is 8.05. The zero-order valence-electron chi connectivity index (χ0n) is 9.46. The van der Waals surface area contributed by atoms with Crippen LogP contribution in [0.25, 0.3) is 0 Å². The normalized spacial score (nSPS) is 44.8. The second-order valence-corrected chi connectivity index (χ2v) is 14.2. The van der Waals surface area contributed by atoms with Crippen molar-refractivity contribution >= 4 is 76.8 Å². The summed E-state index contributed by atoms with van der Waals surface area (Å²) in [5.41, 5.74) is 0. The first-order valence-electron chi connectivity index (χ1n) is 5.19. The lowest BCUT2D eigenvalue weighted by Gasteiger charge is -2.43. The smallest absolute Gasteiger partial charge is 0.326 e. The molecule has 2 aliphatic heterocycles. The molecule has 0 radical (unpaired) electrons. The van der Waals surface area contributed by atoms with E-state index in [1.165, 1.54) is 0 Å². The molecule has 2 saturated heterocycles. The van der Waals surface area contributed by atoms with Gasteiger partial charge in [0.25, 0.3) is 0 Å². The van der Waals surface area contributed by atoms with Gasteiger partial charge in [-0.15, -0.1) is 35.3 Å². The van der Waals surface area contributed by atoms with Crippen molar-refractivity contribution in [3.8, 4) is 0 Å². The maximum absolute atomic E-state index is 11.5. The van der Waals surface area contributed by atoms with Gasteiger partial charge in [-0.3, -0.25) is 4.79 Å². The molecule has 2 nitrogen and oxygen atoms in total. The summed E-state index contributed by atoms with van der Waals surface area (Å²) in [4.78, 5) is 11.5. The number of hydrogen-bond donors (Lipinski definition) is 2. The summed E-state index contributed by atoms with van der Waals surface area (Å²) < 4.78 is 4.76. The van der Waals surface area contributed by atoms with Crippen LogP contribution in [0.2, 0.25) is 0 Å². The van der Waals surface area contributed by atoms with Crippen LogP contribution in [0, 0.1) is 0 Å². The highest BCUT2D eigenvalue weighted by Gasteiger charge is 2.55. The van der Waals surface area contributed by atoms with Crippen LogP contribution in [0.4, 0.5) is 0 Å². The molecular formula is C9H16O2S6. The van der Waals surface area contributed by atoms with Crippen LogP contribution in [0.1, 0.15) is 0 Å². The summed E-state index contributed by atoms with van der Waals surface area (Å²) in [7, 11) is -0.967. The third kappa shape index (κ3) is 2.86. The quantitative estimate of drug-likeness (QED) is 0.604. The third-order valence-electron chi connectivity index (χ3n) is 2.92. The minimum atomic E-state index is -0.967. The van der Waals surface area contributed by atoms with E-state index in [0.29, 0.717) is 11.0 Å². The summed E-state index contributed by atoms with van der Waals surface area (Å²) in [6.45, 7) is 0. The van der Waals surface area contributed by atoms with Gasteiger partial charge in [-0.1, -0.05) is 0 Å². The topological polar surface area (TPSA) is 26.3 Å². The van der Waals surface area contributed by atoms with Crippen molar-refractivity contribution in [2.45, 2.75) is 7.99 Å². The molecular weight excluding hydrogens is 332 g/mol. The van der Waals surface area contributed by atoms with Crippen LogP contribution < -0.4 is 0 Å². The number of thioether (sulfide) groups is 3. The average Bonchev–Trinajstić information content (AvgIpc) is 2.86. The highest BCUT2D eigenvalue weighted by molar-refractivity contribution is 8.61. The standard InChI is InChI=1S/C9H16O2S6/c1-17(6-8(10)11-13)3-2-14-9(17)15-5-7(4-12)16-9/h7,12-13H,2-6H2,1H3. The number of hydrogen-bond acceptors (Lipinski definition) is 7. The predicted molar refractivity (Wildman–Crippen MR) is 91.2 cm³/mol. The molecule has 3 atom stereocenters. The van der Waals surface area contributed by atoms with E-state index in [1.54, 1.807) is 0 Å². The molecule has 0 aromatic heterocycles. The van der Waals surface area contributed by atoms with Gasteiger partial charge in [0.2, 0.25) is 0 Å². The van der Waals surface area contributed by atoms with E-state index in [-0.39, 0.29) is 8.71 Å². The average molecular weight is 349 g/mol. The van der Waals surface area contributed by atoms with Crippen molar-refractivity contribution < 1.29 is 8.98 Å². The van der Waals surface area contributed by atoms with Gasteiger partial charge in [-0.05, 0) is 12.0 Å². The Bertz CT molecular complexity index is 314. The molecule has 2 rings (SSSR count). The van der Waals surface area contributed by atoms with Gasteiger partial charge in [0, 0.05) is 35.4 Å². The van der Waals surface area contributed by atoms with E-state index in [0.717, 1.165) is 23.0 Å². The fourth-order valence-electron chi connectivity index (χ4n) is 1.96. The first kappa shape index (κ1) is 15.0. The molecule has 0 aromatic rings. The molecule has 17 heavy (non-hydrogen) atoms. The second kappa shape index (κ2) is 5.91. The Morgan fingerprint density at radius 2 is 2.35 bits per heavy atom. The molecule has 2 fully saturated rings. The van der Waals surface area contributed by atoms with Crippen molar-refractivity contribution in [3.05, 3.63) is 0 Å². The maximum atomic E-state index is 11.5. The lowest BCUT2D eigenvalue weighted by Crippen LogP contribution is -2.25. The fraction of sp³-hybridized carbons (Fsp3) is 0.889. The molecule has 0 saturated carbocycles. The fourth-order valence-corrected chi connectivity index (χ4v) is 15.3. The second-order valence-electron chi connectivity index (χ2n) is 4.17. The summed E-state index contributed by atoms with van der Waals surface area (Å²) >= 11 is 14.1. The zero-order valence-corrected chi connectivity index (χ0v) is 14.5. The van der Waals surface area contributed by atoms with E-state index in [1.807, 2.05) is 35.3 Å². The van der Waals surface area contributed by atoms with Crippen molar-refractivity contribution in [1.29, 1.82) is 0 Å². The number of rotatable bonds is 3. The molecule has 100 valence electrons. The van der Waals surface area contributed by atoms with Crippen LogP contribution in [-0.4, -0.2) is 49.0 Å². The molecule has 2 aliphatic rings. The monoisotopic (exact) mass is 348 g/mol. The first-order valence-corrected chi connectivity index (χ1v) is 11.4. The largest absolute Gasteiger partial charge is 0.394 e. The Balaban J connectivity index is 2.13. The van der Waals surface area contributed by atoms with E-state index in [9.17, 15) is 4.79 Å². The third-order valence-corrected chi connectivity index (χ3v) is 16.7. The van der Waals surface area contributed by atoms with E-state index in [2.05, 4.69) is 36.0 Å². The van der Waals surface area contributed by atoms with Gasteiger partial charge in [0.15, 0.2) is 0 Å². The maximum Gasteiger partial charge on any atom is 0.326 e. The van der Waals surface area contributed by atoms with Gasteiger partial charge in [-0.2, -0.15) is 12.6 Å². The van der Waals surface area contributed by atoms with Gasteiger partial charge >= 0.3 is 5.97 Å². The number of thiol groups is 2. The Morgan fingerprint density at radius 1 is 1.59 bits per heavy atom. The molecule has 3 unspecified atom stereocenters. The van der Waals surface area contributed by atoms with Crippen LogP contribution >= 0.6 is 70.9 Å². The van der Waals surface area contributed by atoms with E-state index < -0.39 is 10.0 Å². The molecule has 8 heteroatoms. The highest BCUT2D eigenvalue weighted by Crippen LogP contribution is 2.78. The molecule has 0 bridgehead atoms. The lowest BCUT2D eigenvalue weighted by atomic mass is 10.6. The van der Waals surface area contributed by atoms with Crippen molar-refractivity contribution in [2.24, 2.45) is 0 Å².